The first-order valence-corrected chi connectivity index (χ1v) is 8.16. The van der Waals surface area contributed by atoms with E-state index < -0.39 is 17.8 Å². The fraction of sp³-hybridized carbons (Fsp3) is 0.118. The van der Waals surface area contributed by atoms with Gasteiger partial charge in [0.15, 0.2) is 0 Å². The van der Waals surface area contributed by atoms with Gasteiger partial charge in [-0.3, -0.25) is 14.9 Å². The molecule has 0 unspecified atom stereocenters. The second-order valence-corrected chi connectivity index (χ2v) is 5.85. The first-order chi connectivity index (χ1) is 11.6. The lowest BCUT2D eigenvalue weighted by atomic mass is 10.1. The highest BCUT2D eigenvalue weighted by molar-refractivity contribution is 7.10. The van der Waals surface area contributed by atoms with E-state index >= 15 is 0 Å². The van der Waals surface area contributed by atoms with Gasteiger partial charge in [0.2, 0.25) is 0 Å². The fourth-order valence-corrected chi connectivity index (χ4v) is 2.97. The molecule has 0 saturated carbocycles. The quantitative estimate of drug-likeness (QED) is 0.685. The Hall–Kier alpha value is -2.93. The smallest absolute Gasteiger partial charge is 0.336 e. The molecule has 0 spiro atoms. The standard InChI is InChI=1S/C17H14N2O4S/c1-2-23-14-8-4-3-7-13(14)19-16(21)12(15(20)18-17(19)22)10-11-6-5-9-24-11/h3-10H,2H2,1H3,(H,18,20,22)/b12-10-. The van der Waals surface area contributed by atoms with Crippen LogP contribution in [0, 0.1) is 0 Å². The van der Waals surface area contributed by atoms with Crippen molar-refractivity contribution in [1.29, 1.82) is 0 Å². The molecule has 0 aliphatic carbocycles. The van der Waals surface area contributed by atoms with Crippen molar-refractivity contribution in [3.63, 3.8) is 0 Å². The summed E-state index contributed by atoms with van der Waals surface area (Å²) in [4.78, 5) is 38.7. The molecule has 0 radical (unpaired) electrons. The lowest BCUT2D eigenvalue weighted by Crippen LogP contribution is -2.54. The number of nitrogens with zero attached hydrogens (tertiary/aromatic N) is 1. The molecule has 3 rings (SSSR count). The Balaban J connectivity index is 2.03. The highest BCUT2D eigenvalue weighted by atomic mass is 32.1. The van der Waals surface area contributed by atoms with Gasteiger partial charge in [-0.25, -0.2) is 9.69 Å². The number of rotatable bonds is 4. The van der Waals surface area contributed by atoms with Crippen LogP contribution < -0.4 is 15.0 Å². The Morgan fingerprint density at radius 2 is 1.96 bits per heavy atom. The first kappa shape index (κ1) is 15.9. The molecule has 1 saturated heterocycles. The maximum absolute atomic E-state index is 12.8. The summed E-state index contributed by atoms with van der Waals surface area (Å²) < 4.78 is 5.48. The Morgan fingerprint density at radius 3 is 2.67 bits per heavy atom. The van der Waals surface area contributed by atoms with Gasteiger partial charge in [-0.2, -0.15) is 0 Å². The number of carbonyl (C=O) groups excluding carboxylic acids is 3. The molecule has 2 aromatic rings. The number of ether oxygens (including phenoxy) is 1. The predicted molar refractivity (Wildman–Crippen MR) is 90.9 cm³/mol. The molecule has 1 aromatic carbocycles. The van der Waals surface area contributed by atoms with E-state index in [0.29, 0.717) is 18.0 Å². The van der Waals surface area contributed by atoms with Gasteiger partial charge in [0.25, 0.3) is 11.8 Å². The number of benzene rings is 1. The molecule has 1 aliphatic heterocycles. The molecule has 24 heavy (non-hydrogen) atoms. The molecule has 0 bridgehead atoms. The van der Waals surface area contributed by atoms with Gasteiger partial charge in [0, 0.05) is 4.88 Å². The number of amides is 4. The van der Waals surface area contributed by atoms with Gasteiger partial charge in [0.05, 0.1) is 12.3 Å². The Morgan fingerprint density at radius 1 is 1.17 bits per heavy atom. The summed E-state index contributed by atoms with van der Waals surface area (Å²) in [6.45, 7) is 2.19. The Bertz CT molecular complexity index is 827. The molecule has 1 aliphatic rings. The van der Waals surface area contributed by atoms with Crippen LogP contribution in [0.15, 0.2) is 47.4 Å². The van der Waals surface area contributed by atoms with E-state index in [0.717, 1.165) is 9.78 Å². The number of anilines is 1. The minimum Gasteiger partial charge on any atom is -0.492 e. The van der Waals surface area contributed by atoms with Gasteiger partial charge < -0.3 is 4.74 Å². The SMILES string of the molecule is CCOc1ccccc1N1C(=O)NC(=O)/C(=C/c2cccs2)C1=O. The van der Waals surface area contributed by atoms with E-state index in [4.69, 9.17) is 4.74 Å². The number of barbiturate groups is 1. The molecular formula is C17H14N2O4S. The normalized spacial score (nSPS) is 16.5. The number of hydrogen-bond donors (Lipinski definition) is 1. The highest BCUT2D eigenvalue weighted by Crippen LogP contribution is 2.31. The van der Waals surface area contributed by atoms with Crippen molar-refractivity contribution in [2.45, 2.75) is 6.92 Å². The van der Waals surface area contributed by atoms with E-state index in [-0.39, 0.29) is 5.57 Å². The molecule has 6 nitrogen and oxygen atoms in total. The van der Waals surface area contributed by atoms with Crippen LogP contribution in [-0.2, 0) is 9.59 Å². The summed E-state index contributed by atoms with van der Waals surface area (Å²) in [6.07, 6.45) is 1.48. The molecule has 1 N–H and O–H groups in total. The summed E-state index contributed by atoms with van der Waals surface area (Å²) in [6, 6.07) is 9.51. The second kappa shape index (κ2) is 6.67. The zero-order valence-electron chi connectivity index (χ0n) is 12.8. The number of imide groups is 2. The zero-order valence-corrected chi connectivity index (χ0v) is 13.6. The molecule has 1 fully saturated rings. The monoisotopic (exact) mass is 342 g/mol. The van der Waals surface area contributed by atoms with Gasteiger partial charge in [-0.15, -0.1) is 11.3 Å². The first-order valence-electron chi connectivity index (χ1n) is 7.28. The third kappa shape index (κ3) is 2.93. The molecule has 122 valence electrons. The summed E-state index contributed by atoms with van der Waals surface area (Å²) in [5, 5.41) is 4.04. The maximum atomic E-state index is 12.8. The van der Waals surface area contributed by atoms with Crippen LogP contribution in [-0.4, -0.2) is 24.5 Å². The zero-order chi connectivity index (χ0) is 17.1. The fourth-order valence-electron chi connectivity index (χ4n) is 2.31. The minimum atomic E-state index is -0.791. The van der Waals surface area contributed by atoms with Gasteiger partial charge in [0.1, 0.15) is 11.3 Å². The van der Waals surface area contributed by atoms with Crippen LogP contribution in [0.25, 0.3) is 6.08 Å². The third-order valence-electron chi connectivity index (χ3n) is 3.34. The number of carbonyl (C=O) groups is 3. The van der Waals surface area contributed by atoms with Crippen LogP contribution in [0.1, 0.15) is 11.8 Å². The van der Waals surface area contributed by atoms with Crippen molar-refractivity contribution in [3.05, 3.63) is 52.2 Å². The van der Waals surface area contributed by atoms with Gasteiger partial charge in [-0.05, 0) is 36.6 Å². The van der Waals surface area contributed by atoms with E-state index in [2.05, 4.69) is 5.32 Å². The average molecular weight is 342 g/mol. The summed E-state index contributed by atoms with van der Waals surface area (Å²) >= 11 is 1.39. The van der Waals surface area contributed by atoms with Crippen molar-refractivity contribution >= 4 is 40.9 Å². The highest BCUT2D eigenvalue weighted by Gasteiger charge is 2.38. The van der Waals surface area contributed by atoms with Crippen molar-refractivity contribution in [2.24, 2.45) is 0 Å². The molecule has 2 heterocycles. The number of para-hydroxylation sites is 2. The molecule has 0 atom stereocenters. The molecule has 4 amide bonds. The van der Waals surface area contributed by atoms with E-state index in [9.17, 15) is 14.4 Å². The number of thiophene rings is 1. The van der Waals surface area contributed by atoms with Gasteiger partial charge in [-0.1, -0.05) is 18.2 Å². The number of hydrogen-bond acceptors (Lipinski definition) is 5. The number of urea groups is 1. The predicted octanol–water partition coefficient (Wildman–Crippen LogP) is 2.81. The molecule has 1 aromatic heterocycles. The third-order valence-corrected chi connectivity index (χ3v) is 4.16. The number of nitrogens with one attached hydrogen (secondary N) is 1. The topological polar surface area (TPSA) is 75.7 Å². The largest absolute Gasteiger partial charge is 0.492 e. The lowest BCUT2D eigenvalue weighted by molar-refractivity contribution is -0.122. The molecule has 7 heteroatoms. The van der Waals surface area contributed by atoms with E-state index in [1.54, 1.807) is 37.3 Å². The van der Waals surface area contributed by atoms with Crippen LogP contribution in [0.2, 0.25) is 0 Å². The second-order valence-electron chi connectivity index (χ2n) is 4.87. The van der Waals surface area contributed by atoms with Gasteiger partial charge >= 0.3 is 6.03 Å². The summed E-state index contributed by atoms with van der Waals surface area (Å²) in [7, 11) is 0. The van der Waals surface area contributed by atoms with Crippen molar-refractivity contribution in [1.82, 2.24) is 5.32 Å². The van der Waals surface area contributed by atoms with E-state index in [1.165, 1.54) is 17.4 Å². The van der Waals surface area contributed by atoms with Crippen LogP contribution in [0.3, 0.4) is 0 Å². The summed E-state index contributed by atoms with van der Waals surface area (Å²) in [5.74, 6) is -0.985. The maximum Gasteiger partial charge on any atom is 0.336 e. The van der Waals surface area contributed by atoms with E-state index in [1.807, 2.05) is 11.4 Å². The minimum absolute atomic E-state index is 0.0941. The van der Waals surface area contributed by atoms with Crippen LogP contribution >= 0.6 is 11.3 Å². The average Bonchev–Trinajstić information content (AvgIpc) is 3.06. The molecular weight excluding hydrogens is 328 g/mol. The lowest BCUT2D eigenvalue weighted by Gasteiger charge is -2.27. The Labute approximate surface area is 142 Å². The van der Waals surface area contributed by atoms with Crippen LogP contribution in [0.5, 0.6) is 5.75 Å². The van der Waals surface area contributed by atoms with Crippen molar-refractivity contribution in [2.75, 3.05) is 11.5 Å². The Kier molecular flexibility index (Phi) is 4.43. The van der Waals surface area contributed by atoms with Crippen molar-refractivity contribution < 1.29 is 19.1 Å². The van der Waals surface area contributed by atoms with Crippen molar-refractivity contribution in [3.8, 4) is 5.75 Å². The summed E-state index contributed by atoms with van der Waals surface area (Å²) in [5.41, 5.74) is 0.204. The van der Waals surface area contributed by atoms with Crippen LogP contribution in [0.4, 0.5) is 10.5 Å².